The van der Waals surface area contributed by atoms with Crippen LogP contribution >= 0.6 is 11.8 Å². The molecular weight excluding hydrogens is 252 g/mol. The lowest BCUT2D eigenvalue weighted by Gasteiger charge is -2.23. The van der Waals surface area contributed by atoms with E-state index in [2.05, 4.69) is 10.6 Å². The van der Waals surface area contributed by atoms with E-state index in [1.807, 2.05) is 13.8 Å². The van der Waals surface area contributed by atoms with E-state index >= 15 is 0 Å². The Kier molecular flexibility index (Phi) is 6.49. The molecule has 2 unspecified atom stereocenters. The summed E-state index contributed by atoms with van der Waals surface area (Å²) in [4.78, 5) is 22.9. The topological polar surface area (TPSA) is 78.4 Å². The van der Waals surface area contributed by atoms with E-state index in [-0.39, 0.29) is 18.5 Å². The van der Waals surface area contributed by atoms with Gasteiger partial charge in [0.2, 0.25) is 5.91 Å². The van der Waals surface area contributed by atoms with Crippen LogP contribution < -0.4 is 10.6 Å². The zero-order valence-electron chi connectivity index (χ0n) is 10.9. The van der Waals surface area contributed by atoms with Crippen molar-refractivity contribution < 1.29 is 14.7 Å². The molecule has 104 valence electrons. The monoisotopic (exact) mass is 274 g/mol. The number of aliphatic carboxylic acids is 1. The molecule has 1 fully saturated rings. The highest BCUT2D eigenvalue weighted by Crippen LogP contribution is 2.12. The first-order valence-corrected chi connectivity index (χ1v) is 7.47. The van der Waals surface area contributed by atoms with Gasteiger partial charge in [-0.25, -0.2) is 0 Å². The second-order valence-corrected chi connectivity index (χ2v) is 6.14. The largest absolute Gasteiger partial charge is 0.481 e. The predicted octanol–water partition coefficient (Wildman–Crippen LogP) is 0.555. The van der Waals surface area contributed by atoms with Crippen LogP contribution in [0.15, 0.2) is 0 Å². The lowest BCUT2D eigenvalue weighted by molar-refractivity contribution is -0.142. The van der Waals surface area contributed by atoms with Gasteiger partial charge in [-0.3, -0.25) is 9.59 Å². The summed E-state index contributed by atoms with van der Waals surface area (Å²) in [5.74, 6) is 0.673. The molecule has 0 radical (unpaired) electrons. The number of carbonyl (C=O) groups excluding carboxylic acids is 1. The van der Waals surface area contributed by atoms with Crippen LogP contribution in [0.1, 0.15) is 20.3 Å². The van der Waals surface area contributed by atoms with Gasteiger partial charge in [0.25, 0.3) is 0 Å². The second-order valence-electron chi connectivity index (χ2n) is 4.99. The van der Waals surface area contributed by atoms with Crippen LogP contribution in [0.2, 0.25) is 0 Å². The highest BCUT2D eigenvalue weighted by Gasteiger charge is 2.24. The molecule has 6 heteroatoms. The van der Waals surface area contributed by atoms with E-state index in [4.69, 9.17) is 5.11 Å². The zero-order chi connectivity index (χ0) is 13.5. The van der Waals surface area contributed by atoms with Crippen LogP contribution in [0, 0.1) is 11.8 Å². The Morgan fingerprint density at radius 3 is 2.72 bits per heavy atom. The van der Waals surface area contributed by atoms with Crippen molar-refractivity contribution in [2.24, 2.45) is 11.8 Å². The fourth-order valence-corrected chi connectivity index (χ4v) is 2.86. The molecule has 1 rings (SSSR count). The molecule has 1 aliphatic heterocycles. The molecule has 0 aromatic rings. The summed E-state index contributed by atoms with van der Waals surface area (Å²) in [6.07, 6.45) is 0.586. The average molecular weight is 274 g/mol. The van der Waals surface area contributed by atoms with Crippen molar-refractivity contribution in [3.8, 4) is 0 Å². The molecule has 1 saturated heterocycles. The standard InChI is InChI=1S/C12H22N2O3S/c1-8(2)5-9(12(16)17)6-14-11(15)10-7-18-4-3-13-10/h8-10,13H,3-7H2,1-2H3,(H,14,15)(H,16,17). The molecule has 1 heterocycles. The summed E-state index contributed by atoms with van der Waals surface area (Å²) >= 11 is 1.74. The van der Waals surface area contributed by atoms with Crippen molar-refractivity contribution in [3.05, 3.63) is 0 Å². The van der Waals surface area contributed by atoms with Gasteiger partial charge in [0, 0.05) is 24.6 Å². The van der Waals surface area contributed by atoms with Gasteiger partial charge >= 0.3 is 5.97 Å². The number of carboxylic acid groups (broad SMARTS) is 1. The van der Waals surface area contributed by atoms with Crippen molar-refractivity contribution in [2.75, 3.05) is 24.6 Å². The van der Waals surface area contributed by atoms with Gasteiger partial charge in [0.05, 0.1) is 12.0 Å². The lowest BCUT2D eigenvalue weighted by Crippen LogP contribution is -2.50. The minimum atomic E-state index is -0.838. The maximum atomic E-state index is 11.8. The van der Waals surface area contributed by atoms with Crippen LogP contribution in [0.4, 0.5) is 0 Å². The Morgan fingerprint density at radius 1 is 1.50 bits per heavy atom. The van der Waals surface area contributed by atoms with Gasteiger partial charge in [-0.05, 0) is 12.3 Å². The molecule has 1 aliphatic rings. The van der Waals surface area contributed by atoms with Crippen LogP contribution in [0.5, 0.6) is 0 Å². The zero-order valence-corrected chi connectivity index (χ0v) is 11.8. The number of nitrogens with one attached hydrogen (secondary N) is 2. The second kappa shape index (κ2) is 7.63. The maximum Gasteiger partial charge on any atom is 0.308 e. The van der Waals surface area contributed by atoms with Crippen molar-refractivity contribution in [3.63, 3.8) is 0 Å². The molecule has 18 heavy (non-hydrogen) atoms. The lowest BCUT2D eigenvalue weighted by atomic mass is 9.97. The number of rotatable bonds is 6. The van der Waals surface area contributed by atoms with Gasteiger partial charge in [0.1, 0.15) is 0 Å². The summed E-state index contributed by atoms with van der Waals surface area (Å²) < 4.78 is 0. The van der Waals surface area contributed by atoms with Crippen molar-refractivity contribution >= 4 is 23.6 Å². The molecule has 3 N–H and O–H groups in total. The summed E-state index contributed by atoms with van der Waals surface area (Å²) in [6.45, 7) is 5.01. The minimum absolute atomic E-state index is 0.0859. The third kappa shape index (κ3) is 5.27. The molecule has 0 bridgehead atoms. The summed E-state index contributed by atoms with van der Waals surface area (Å²) in [7, 11) is 0. The van der Waals surface area contributed by atoms with Crippen LogP contribution in [-0.2, 0) is 9.59 Å². The van der Waals surface area contributed by atoms with E-state index in [1.54, 1.807) is 11.8 Å². The Morgan fingerprint density at radius 2 is 2.22 bits per heavy atom. The Labute approximate surface area is 112 Å². The number of carboxylic acids is 1. The summed E-state index contributed by atoms with van der Waals surface area (Å²) in [6, 6.07) is -0.183. The van der Waals surface area contributed by atoms with Crippen molar-refractivity contribution in [2.45, 2.75) is 26.3 Å². The van der Waals surface area contributed by atoms with Crippen LogP contribution in [-0.4, -0.2) is 47.6 Å². The van der Waals surface area contributed by atoms with E-state index in [9.17, 15) is 9.59 Å². The van der Waals surface area contributed by atoms with Gasteiger partial charge in [-0.1, -0.05) is 13.8 Å². The number of carbonyl (C=O) groups is 2. The highest BCUT2D eigenvalue weighted by molar-refractivity contribution is 7.99. The molecular formula is C12H22N2O3S. The number of hydrogen-bond acceptors (Lipinski definition) is 4. The normalized spacial score (nSPS) is 21.6. The first kappa shape index (κ1) is 15.3. The summed E-state index contributed by atoms with van der Waals surface area (Å²) in [5.41, 5.74) is 0. The quantitative estimate of drug-likeness (QED) is 0.659. The molecule has 0 aromatic heterocycles. The molecule has 2 atom stereocenters. The molecule has 0 spiro atoms. The molecule has 0 aromatic carbocycles. The van der Waals surface area contributed by atoms with Gasteiger partial charge < -0.3 is 15.7 Å². The average Bonchev–Trinajstić information content (AvgIpc) is 2.34. The minimum Gasteiger partial charge on any atom is -0.481 e. The molecule has 0 saturated carbocycles. The number of amides is 1. The van der Waals surface area contributed by atoms with E-state index in [0.29, 0.717) is 12.3 Å². The molecule has 5 nitrogen and oxygen atoms in total. The van der Waals surface area contributed by atoms with E-state index in [0.717, 1.165) is 18.1 Å². The number of thioether (sulfide) groups is 1. The summed E-state index contributed by atoms with van der Waals surface area (Å²) in [5, 5.41) is 15.0. The third-order valence-electron chi connectivity index (χ3n) is 2.87. The number of hydrogen-bond donors (Lipinski definition) is 3. The maximum absolute atomic E-state index is 11.8. The third-order valence-corrected chi connectivity index (χ3v) is 3.93. The first-order chi connectivity index (χ1) is 8.50. The highest BCUT2D eigenvalue weighted by atomic mass is 32.2. The smallest absolute Gasteiger partial charge is 0.308 e. The Hall–Kier alpha value is -0.750. The Bertz CT molecular complexity index is 291. The fourth-order valence-electron chi connectivity index (χ4n) is 1.92. The SMILES string of the molecule is CC(C)CC(CNC(=O)C1CSCCN1)C(=O)O. The van der Waals surface area contributed by atoms with Crippen LogP contribution in [0.25, 0.3) is 0 Å². The molecule has 1 amide bonds. The fraction of sp³-hybridized carbons (Fsp3) is 0.833. The van der Waals surface area contributed by atoms with Crippen LogP contribution in [0.3, 0.4) is 0 Å². The van der Waals surface area contributed by atoms with Crippen molar-refractivity contribution in [1.82, 2.24) is 10.6 Å². The Balaban J connectivity index is 2.36. The van der Waals surface area contributed by atoms with Gasteiger partial charge in [0.15, 0.2) is 0 Å². The van der Waals surface area contributed by atoms with Crippen molar-refractivity contribution in [1.29, 1.82) is 0 Å². The predicted molar refractivity (Wildman–Crippen MR) is 72.7 cm³/mol. The van der Waals surface area contributed by atoms with E-state index in [1.165, 1.54) is 0 Å². The van der Waals surface area contributed by atoms with Gasteiger partial charge in [-0.2, -0.15) is 11.8 Å². The first-order valence-electron chi connectivity index (χ1n) is 6.32. The van der Waals surface area contributed by atoms with E-state index < -0.39 is 11.9 Å². The van der Waals surface area contributed by atoms with Gasteiger partial charge in [-0.15, -0.1) is 0 Å². The molecule has 0 aliphatic carbocycles.